The van der Waals surface area contributed by atoms with Crippen LogP contribution in [-0.4, -0.2) is 54.3 Å². The summed E-state index contributed by atoms with van der Waals surface area (Å²) in [5, 5.41) is 8.99. The Morgan fingerprint density at radius 1 is 1.13 bits per heavy atom. The Balaban J connectivity index is 1.72. The van der Waals surface area contributed by atoms with E-state index in [4.69, 9.17) is 0 Å². The lowest BCUT2D eigenvalue weighted by atomic mass is 9.85. The van der Waals surface area contributed by atoms with Gasteiger partial charge in [0.2, 0.25) is 17.7 Å². The Morgan fingerprint density at radius 2 is 1.84 bits per heavy atom. The van der Waals surface area contributed by atoms with Crippen LogP contribution >= 0.6 is 0 Å². The standard InChI is InChI=1S/C24H36N4O3/c1-15(25-5)21(29)27-20(24(2,3)4)23(31)28-14-8-11-19(28)22(30)26-18-13-12-16-9-6-7-10-17(16)18/h6-7,9-10,15,18-20,25H,8,11-14H2,1-5H3,(H,26,30)(H,27,29)/t15-,18?,19?,20?/m0/s1. The lowest BCUT2D eigenvalue weighted by Crippen LogP contribution is -2.59. The van der Waals surface area contributed by atoms with E-state index in [9.17, 15) is 14.4 Å². The maximum absolute atomic E-state index is 13.5. The molecule has 3 amide bonds. The van der Waals surface area contributed by atoms with Gasteiger partial charge < -0.3 is 20.9 Å². The van der Waals surface area contributed by atoms with Crippen molar-refractivity contribution < 1.29 is 14.4 Å². The second-order valence-corrected chi connectivity index (χ2v) is 9.81. The number of carbonyl (C=O) groups is 3. The Labute approximate surface area is 185 Å². The van der Waals surface area contributed by atoms with Crippen molar-refractivity contribution in [2.45, 2.75) is 77.5 Å². The molecule has 0 radical (unpaired) electrons. The van der Waals surface area contributed by atoms with Gasteiger partial charge in [0, 0.05) is 6.54 Å². The zero-order valence-electron chi connectivity index (χ0n) is 19.3. The summed E-state index contributed by atoms with van der Waals surface area (Å²) in [4.78, 5) is 40.8. The van der Waals surface area contributed by atoms with Gasteiger partial charge in [0.05, 0.1) is 12.1 Å². The lowest BCUT2D eigenvalue weighted by molar-refractivity contribution is -0.144. The van der Waals surface area contributed by atoms with Crippen molar-refractivity contribution in [3.05, 3.63) is 35.4 Å². The van der Waals surface area contributed by atoms with E-state index in [0.717, 1.165) is 19.3 Å². The van der Waals surface area contributed by atoms with Crippen molar-refractivity contribution >= 4 is 17.7 Å². The minimum atomic E-state index is -0.698. The van der Waals surface area contributed by atoms with Gasteiger partial charge >= 0.3 is 0 Å². The molecule has 1 aromatic rings. The molecule has 31 heavy (non-hydrogen) atoms. The Kier molecular flexibility index (Phi) is 7.04. The normalized spacial score (nSPS) is 22.5. The molecule has 3 unspecified atom stereocenters. The highest BCUT2D eigenvalue weighted by atomic mass is 16.2. The molecule has 1 fully saturated rings. The average molecular weight is 429 g/mol. The van der Waals surface area contributed by atoms with Crippen LogP contribution in [0.2, 0.25) is 0 Å². The maximum Gasteiger partial charge on any atom is 0.246 e. The first kappa shape index (κ1) is 23.3. The number of aryl methyl sites for hydroxylation is 1. The second-order valence-electron chi connectivity index (χ2n) is 9.81. The van der Waals surface area contributed by atoms with Crippen LogP contribution in [0.3, 0.4) is 0 Å². The number of amides is 3. The third-order valence-corrected chi connectivity index (χ3v) is 6.51. The molecule has 1 heterocycles. The largest absolute Gasteiger partial charge is 0.347 e. The van der Waals surface area contributed by atoms with E-state index in [-0.39, 0.29) is 23.8 Å². The molecule has 3 N–H and O–H groups in total. The summed E-state index contributed by atoms with van der Waals surface area (Å²) in [6.45, 7) is 8.08. The third kappa shape index (κ3) is 5.09. The zero-order chi connectivity index (χ0) is 22.8. The van der Waals surface area contributed by atoms with E-state index in [2.05, 4.69) is 28.1 Å². The molecule has 7 nitrogen and oxygen atoms in total. The number of benzene rings is 1. The molecule has 0 bridgehead atoms. The summed E-state index contributed by atoms with van der Waals surface area (Å²) in [6.07, 6.45) is 3.26. The highest BCUT2D eigenvalue weighted by Gasteiger charge is 2.42. The van der Waals surface area contributed by atoms with Crippen molar-refractivity contribution in [1.29, 1.82) is 0 Å². The molecule has 170 valence electrons. The summed E-state index contributed by atoms with van der Waals surface area (Å²) in [5.74, 6) is -0.512. The number of nitrogens with zero attached hydrogens (tertiary/aromatic N) is 1. The summed E-state index contributed by atoms with van der Waals surface area (Å²) in [6, 6.07) is 6.59. The van der Waals surface area contributed by atoms with Gasteiger partial charge in [-0.05, 0) is 56.2 Å². The van der Waals surface area contributed by atoms with Gasteiger partial charge in [0.25, 0.3) is 0 Å². The monoisotopic (exact) mass is 428 g/mol. The first-order valence-electron chi connectivity index (χ1n) is 11.3. The molecule has 2 aliphatic rings. The fourth-order valence-electron chi connectivity index (χ4n) is 4.49. The number of hydrogen-bond acceptors (Lipinski definition) is 4. The summed E-state index contributed by atoms with van der Waals surface area (Å²) in [7, 11) is 1.71. The highest BCUT2D eigenvalue weighted by Crippen LogP contribution is 2.32. The molecule has 1 aliphatic carbocycles. The van der Waals surface area contributed by atoms with Gasteiger partial charge in [-0.1, -0.05) is 45.0 Å². The molecule has 0 aromatic heterocycles. The van der Waals surface area contributed by atoms with Crippen LogP contribution in [-0.2, 0) is 20.8 Å². The predicted molar refractivity (Wildman–Crippen MR) is 120 cm³/mol. The number of likely N-dealkylation sites (N-methyl/N-ethyl adjacent to an activating group) is 1. The first-order valence-corrected chi connectivity index (χ1v) is 11.3. The second kappa shape index (κ2) is 9.39. The molecular weight excluding hydrogens is 392 g/mol. The Hall–Kier alpha value is -2.41. The van der Waals surface area contributed by atoms with Gasteiger partial charge in [-0.25, -0.2) is 0 Å². The van der Waals surface area contributed by atoms with Crippen LogP contribution in [0, 0.1) is 5.41 Å². The first-order chi connectivity index (χ1) is 14.6. The zero-order valence-corrected chi connectivity index (χ0v) is 19.3. The Bertz CT molecular complexity index is 832. The molecule has 1 aromatic carbocycles. The average Bonchev–Trinajstić information content (AvgIpc) is 3.37. The maximum atomic E-state index is 13.5. The third-order valence-electron chi connectivity index (χ3n) is 6.51. The predicted octanol–water partition coefficient (Wildman–Crippen LogP) is 1.92. The summed E-state index contributed by atoms with van der Waals surface area (Å²) in [5.41, 5.74) is 1.97. The number of nitrogens with one attached hydrogen (secondary N) is 3. The topological polar surface area (TPSA) is 90.5 Å². The van der Waals surface area contributed by atoms with Crippen LogP contribution in [0.25, 0.3) is 0 Å². The van der Waals surface area contributed by atoms with E-state index in [1.165, 1.54) is 11.1 Å². The van der Waals surface area contributed by atoms with E-state index >= 15 is 0 Å². The summed E-state index contributed by atoms with van der Waals surface area (Å²) < 4.78 is 0. The highest BCUT2D eigenvalue weighted by molar-refractivity contribution is 5.94. The molecule has 3 rings (SSSR count). The number of fused-ring (bicyclic) bond motifs is 1. The van der Waals surface area contributed by atoms with Crippen molar-refractivity contribution in [3.8, 4) is 0 Å². The summed E-state index contributed by atoms with van der Waals surface area (Å²) >= 11 is 0. The molecule has 0 spiro atoms. The molecule has 1 saturated heterocycles. The van der Waals surface area contributed by atoms with Crippen LogP contribution in [0.4, 0.5) is 0 Å². The fourth-order valence-corrected chi connectivity index (χ4v) is 4.49. The number of carbonyl (C=O) groups excluding carboxylic acids is 3. The van der Waals surface area contributed by atoms with E-state index in [0.29, 0.717) is 13.0 Å². The van der Waals surface area contributed by atoms with Crippen molar-refractivity contribution in [3.63, 3.8) is 0 Å². The van der Waals surface area contributed by atoms with Gasteiger partial charge in [0.15, 0.2) is 0 Å². The van der Waals surface area contributed by atoms with E-state index in [1.54, 1.807) is 18.9 Å². The van der Waals surface area contributed by atoms with E-state index < -0.39 is 23.5 Å². The van der Waals surface area contributed by atoms with Gasteiger partial charge in [-0.3, -0.25) is 14.4 Å². The lowest BCUT2D eigenvalue weighted by Gasteiger charge is -2.36. The fraction of sp³-hybridized carbons (Fsp3) is 0.625. The van der Waals surface area contributed by atoms with Crippen molar-refractivity contribution in [2.75, 3.05) is 13.6 Å². The quantitative estimate of drug-likeness (QED) is 0.646. The van der Waals surface area contributed by atoms with Crippen LogP contribution in [0.5, 0.6) is 0 Å². The minimum absolute atomic E-state index is 0.00385. The van der Waals surface area contributed by atoms with Crippen molar-refractivity contribution in [2.24, 2.45) is 5.41 Å². The molecule has 1 aliphatic heterocycles. The van der Waals surface area contributed by atoms with Gasteiger partial charge in [-0.15, -0.1) is 0 Å². The van der Waals surface area contributed by atoms with Gasteiger partial charge in [-0.2, -0.15) is 0 Å². The van der Waals surface area contributed by atoms with Gasteiger partial charge in [0.1, 0.15) is 12.1 Å². The minimum Gasteiger partial charge on any atom is -0.347 e. The molecular formula is C24H36N4O3. The smallest absolute Gasteiger partial charge is 0.246 e. The molecule has 0 saturated carbocycles. The molecule has 7 heteroatoms. The molecule has 4 atom stereocenters. The number of hydrogen-bond donors (Lipinski definition) is 3. The SMILES string of the molecule is CN[C@@H](C)C(=O)NC(C(=O)N1CCCC1C(=O)NC1CCc2ccccc21)C(C)(C)C. The number of likely N-dealkylation sites (tertiary alicyclic amines) is 1. The number of rotatable bonds is 6. The van der Waals surface area contributed by atoms with Crippen molar-refractivity contribution in [1.82, 2.24) is 20.9 Å². The van der Waals surface area contributed by atoms with Crippen LogP contribution < -0.4 is 16.0 Å². The Morgan fingerprint density at radius 3 is 2.52 bits per heavy atom. The van der Waals surface area contributed by atoms with Crippen LogP contribution in [0.15, 0.2) is 24.3 Å². The van der Waals surface area contributed by atoms with Crippen LogP contribution in [0.1, 0.15) is 64.1 Å². The van der Waals surface area contributed by atoms with E-state index in [1.807, 2.05) is 32.9 Å².